The number of aryl methyl sites for hydroxylation is 2. The van der Waals surface area contributed by atoms with Crippen LogP contribution in [-0.2, 0) is 27.2 Å². The molecule has 1 aromatic heterocycles. The van der Waals surface area contributed by atoms with Gasteiger partial charge in [0.15, 0.2) is 11.6 Å². The highest BCUT2D eigenvalue weighted by Crippen LogP contribution is 2.43. The van der Waals surface area contributed by atoms with Gasteiger partial charge in [-0.1, -0.05) is 29.8 Å². The molecule has 3 heterocycles. The molecule has 3 aliphatic rings. The van der Waals surface area contributed by atoms with E-state index in [1.165, 1.54) is 17.4 Å². The number of thiazole rings is 1. The molecule has 308 valence electrons. The van der Waals surface area contributed by atoms with Crippen LogP contribution in [0.1, 0.15) is 93.8 Å². The Morgan fingerprint density at radius 1 is 1.00 bits per heavy atom. The number of carbonyl (C=O) groups excluding carboxylic acids is 3. The normalized spacial score (nSPS) is 18.4. The molecule has 2 fully saturated rings. The van der Waals surface area contributed by atoms with Crippen LogP contribution in [0.5, 0.6) is 11.5 Å². The molecule has 2 aromatic carbocycles. The average molecular weight is 825 g/mol. The molecule has 2 atom stereocenters. The summed E-state index contributed by atoms with van der Waals surface area (Å²) >= 11 is 7.80. The molecule has 0 N–H and O–H groups in total. The first-order valence-electron chi connectivity index (χ1n) is 19.5. The predicted octanol–water partition coefficient (Wildman–Crippen LogP) is 9.15. The van der Waals surface area contributed by atoms with Crippen molar-refractivity contribution in [2.75, 3.05) is 26.8 Å². The molecule has 3 aromatic rings. The van der Waals surface area contributed by atoms with Gasteiger partial charge in [-0.3, -0.25) is 9.69 Å². The molecule has 0 spiro atoms. The zero-order valence-electron chi connectivity index (χ0n) is 34.4. The molecule has 2 bridgehead atoms. The Morgan fingerprint density at radius 2 is 1.70 bits per heavy atom. The topological polar surface area (TPSA) is 111 Å². The smallest absolute Gasteiger partial charge is 0.411 e. The maximum Gasteiger partial charge on any atom is 0.411 e. The van der Waals surface area contributed by atoms with E-state index >= 15 is 4.79 Å². The lowest BCUT2D eigenvalue weighted by Gasteiger charge is -2.51. The number of aromatic nitrogens is 1. The molecule has 3 amide bonds. The van der Waals surface area contributed by atoms with Gasteiger partial charge in [0.25, 0.3) is 5.91 Å². The number of halogens is 2. The number of ether oxygens (including phenoxy) is 4. The third-order valence-electron chi connectivity index (χ3n) is 10.2. The molecule has 1 aliphatic carbocycles. The van der Waals surface area contributed by atoms with Gasteiger partial charge in [-0.05, 0) is 115 Å². The van der Waals surface area contributed by atoms with E-state index in [-0.39, 0.29) is 42.4 Å². The van der Waals surface area contributed by atoms with Crippen molar-refractivity contribution in [1.29, 1.82) is 0 Å². The van der Waals surface area contributed by atoms with Gasteiger partial charge in [-0.25, -0.2) is 19.0 Å². The van der Waals surface area contributed by atoms with E-state index in [2.05, 4.69) is 0 Å². The molecule has 6 rings (SSSR count). The molecule has 11 nitrogen and oxygen atoms in total. The van der Waals surface area contributed by atoms with Crippen LogP contribution >= 0.6 is 22.9 Å². The predicted molar refractivity (Wildman–Crippen MR) is 218 cm³/mol. The molecule has 57 heavy (non-hydrogen) atoms. The summed E-state index contributed by atoms with van der Waals surface area (Å²) in [6.45, 7) is 15.5. The molecule has 14 heteroatoms. The van der Waals surface area contributed by atoms with E-state index in [0.29, 0.717) is 31.4 Å². The molecule has 2 aliphatic heterocycles. The van der Waals surface area contributed by atoms with Crippen LogP contribution in [0.15, 0.2) is 42.1 Å². The van der Waals surface area contributed by atoms with Gasteiger partial charge in [0.05, 0.1) is 40.7 Å². The number of fused-ring (bicyclic) bond motifs is 2. The second-order valence-corrected chi connectivity index (χ2v) is 18.5. The van der Waals surface area contributed by atoms with Gasteiger partial charge in [-0.15, -0.1) is 11.3 Å². The van der Waals surface area contributed by atoms with E-state index in [1.807, 2.05) is 71.6 Å². The van der Waals surface area contributed by atoms with E-state index in [9.17, 15) is 14.0 Å². The second kappa shape index (κ2) is 16.9. The molecular formula is C43H54ClFN4O7S. The average Bonchev–Trinajstić information content (AvgIpc) is 3.86. The van der Waals surface area contributed by atoms with Crippen molar-refractivity contribution in [1.82, 2.24) is 19.7 Å². The number of hydrogen-bond acceptors (Lipinski definition) is 9. The number of carbonyl (C=O) groups is 3. The van der Waals surface area contributed by atoms with E-state index < -0.39 is 41.3 Å². The largest absolute Gasteiger partial charge is 0.496 e. The van der Waals surface area contributed by atoms with Crippen molar-refractivity contribution in [2.24, 2.45) is 0 Å². The number of rotatable bonds is 11. The molecule has 2 unspecified atom stereocenters. The van der Waals surface area contributed by atoms with Gasteiger partial charge >= 0.3 is 12.2 Å². The van der Waals surface area contributed by atoms with Crippen LogP contribution in [-0.4, -0.2) is 93.9 Å². The summed E-state index contributed by atoms with van der Waals surface area (Å²) in [6, 6.07) is 7.48. The fraction of sp³-hybridized carbons (Fsp3) is 0.535. The van der Waals surface area contributed by atoms with Gasteiger partial charge in [0.2, 0.25) is 0 Å². The Labute approximate surface area is 344 Å². The number of nitrogens with zero attached hydrogens (tertiary/aromatic N) is 4. The first kappa shape index (κ1) is 42.3. The van der Waals surface area contributed by atoms with Crippen LogP contribution in [0.3, 0.4) is 0 Å². The third kappa shape index (κ3) is 9.85. The standard InChI is InChI=1S/C43H54ClFN4O7S/c1-25-15-18-31(45)38(37(25)44)54-19-11-14-35-46-21-34(57-35)30-20-29-23-47(40(51)55-42(3,4)5)24-32(49(29)41(52)56-43(6,7)8)36(30)39(50)48(28-16-17-28)22-27-12-10-13-33(53-9)26(27)2/h10,12-13,15,18,21,28-29,32H,11,14,16-17,19-20,22-24H2,1-9H3. The quantitative estimate of drug-likeness (QED) is 0.176. The highest BCUT2D eigenvalue weighted by molar-refractivity contribution is 7.12. The summed E-state index contributed by atoms with van der Waals surface area (Å²) in [5, 5.41) is 1.08. The van der Waals surface area contributed by atoms with E-state index in [1.54, 1.807) is 36.1 Å². The van der Waals surface area contributed by atoms with Gasteiger partial charge < -0.3 is 28.7 Å². The molecule has 0 radical (unpaired) electrons. The van der Waals surface area contributed by atoms with Crippen molar-refractivity contribution < 1.29 is 37.7 Å². The van der Waals surface area contributed by atoms with Crippen LogP contribution in [0.25, 0.3) is 5.57 Å². The van der Waals surface area contributed by atoms with Crippen LogP contribution in [0.2, 0.25) is 5.02 Å². The highest BCUT2D eigenvalue weighted by atomic mass is 35.5. The number of piperazine rings is 1. The van der Waals surface area contributed by atoms with Gasteiger partial charge in [0.1, 0.15) is 17.0 Å². The molecule has 1 saturated heterocycles. The van der Waals surface area contributed by atoms with Crippen molar-refractivity contribution in [3.8, 4) is 11.5 Å². The van der Waals surface area contributed by atoms with Gasteiger partial charge in [0, 0.05) is 43.9 Å². The SMILES string of the molecule is COc1cccc(CN(C(=O)C2=C(c3cnc(CCCOc4c(F)ccc(C)c4Cl)s3)CC3CN(C(=O)OC(C)(C)C)CC2N3C(=O)OC(C)(C)C)C2CC2)c1C. The third-order valence-corrected chi connectivity index (χ3v) is 11.8. The Bertz CT molecular complexity index is 2040. The minimum absolute atomic E-state index is 0.0128. The van der Waals surface area contributed by atoms with Crippen molar-refractivity contribution in [3.63, 3.8) is 0 Å². The van der Waals surface area contributed by atoms with E-state index in [4.69, 9.17) is 35.5 Å². The highest BCUT2D eigenvalue weighted by Gasteiger charge is 2.51. The summed E-state index contributed by atoms with van der Waals surface area (Å²) < 4.78 is 37.6. The lowest BCUT2D eigenvalue weighted by molar-refractivity contribution is -0.129. The van der Waals surface area contributed by atoms with Crippen molar-refractivity contribution >= 4 is 46.6 Å². The summed E-state index contributed by atoms with van der Waals surface area (Å²) in [4.78, 5) is 53.9. The zero-order chi connectivity index (χ0) is 41.4. The van der Waals surface area contributed by atoms with Crippen LogP contribution in [0, 0.1) is 19.7 Å². The molecular weight excluding hydrogens is 771 g/mol. The summed E-state index contributed by atoms with van der Waals surface area (Å²) in [5.74, 6) is 0.0693. The van der Waals surface area contributed by atoms with Crippen LogP contribution in [0.4, 0.5) is 14.0 Å². The zero-order valence-corrected chi connectivity index (χ0v) is 35.9. The summed E-state index contributed by atoms with van der Waals surface area (Å²) in [6.07, 6.45) is 3.86. The minimum Gasteiger partial charge on any atom is -0.496 e. The number of methoxy groups -OCH3 is 1. The maximum atomic E-state index is 15.4. The van der Waals surface area contributed by atoms with Gasteiger partial charge in [-0.2, -0.15) is 0 Å². The fourth-order valence-electron chi connectivity index (χ4n) is 7.35. The van der Waals surface area contributed by atoms with Crippen LogP contribution < -0.4 is 9.47 Å². The Morgan fingerprint density at radius 3 is 2.37 bits per heavy atom. The summed E-state index contributed by atoms with van der Waals surface area (Å²) in [5.41, 5.74) is 2.36. The Hall–Kier alpha value is -4.36. The number of amides is 3. The lowest BCUT2D eigenvalue weighted by atomic mass is 9.83. The van der Waals surface area contributed by atoms with Crippen molar-refractivity contribution in [3.05, 3.63) is 79.5 Å². The maximum absolute atomic E-state index is 15.4. The monoisotopic (exact) mass is 824 g/mol. The van der Waals surface area contributed by atoms with Crippen molar-refractivity contribution in [2.45, 2.75) is 123 Å². The fourth-order valence-corrected chi connectivity index (χ4v) is 8.58. The first-order chi connectivity index (χ1) is 26.8. The second-order valence-electron chi connectivity index (χ2n) is 17.0. The van der Waals surface area contributed by atoms with E-state index in [0.717, 1.165) is 50.7 Å². The summed E-state index contributed by atoms with van der Waals surface area (Å²) in [7, 11) is 1.63. The minimum atomic E-state index is -0.817. The number of benzene rings is 2. The number of hydrogen-bond donors (Lipinski definition) is 0. The first-order valence-corrected chi connectivity index (χ1v) is 20.7. The Balaban J connectivity index is 1.38. The lowest BCUT2D eigenvalue weighted by Crippen LogP contribution is -2.66. The molecule has 1 saturated carbocycles. The Kier molecular flexibility index (Phi) is 12.5.